The number of rotatable bonds is 9. The van der Waals surface area contributed by atoms with Crippen LogP contribution in [-0.2, 0) is 14.3 Å². The predicted octanol–water partition coefficient (Wildman–Crippen LogP) is -0.279. The zero-order valence-corrected chi connectivity index (χ0v) is 9.85. The third-order valence-electron chi connectivity index (χ3n) is 2.55. The smallest absolute Gasteiger partial charge is 0.305 e. The van der Waals surface area contributed by atoms with Crippen molar-refractivity contribution in [1.82, 2.24) is 5.32 Å². The monoisotopic (exact) mass is 244 g/mol. The number of ether oxygens (including phenoxy) is 1. The highest BCUT2D eigenvalue weighted by Gasteiger charge is 2.21. The molecule has 1 amide bonds. The normalized spacial score (nSPS) is 16.5. The Kier molecular flexibility index (Phi) is 5.93. The highest BCUT2D eigenvalue weighted by molar-refractivity contribution is 5.85. The zero-order valence-electron chi connectivity index (χ0n) is 9.85. The van der Waals surface area contributed by atoms with E-state index in [1.165, 1.54) is 12.8 Å². The molecule has 1 fully saturated rings. The molecule has 0 radical (unpaired) electrons. The Morgan fingerprint density at radius 3 is 2.76 bits per heavy atom. The van der Waals surface area contributed by atoms with Crippen LogP contribution in [0.1, 0.15) is 25.7 Å². The molecular formula is C11H20N2O4. The second-order valence-electron chi connectivity index (χ2n) is 4.37. The van der Waals surface area contributed by atoms with E-state index in [9.17, 15) is 9.59 Å². The van der Waals surface area contributed by atoms with Gasteiger partial charge in [0.1, 0.15) is 0 Å². The molecule has 0 heterocycles. The molecule has 1 saturated carbocycles. The Labute approximate surface area is 101 Å². The molecule has 6 nitrogen and oxygen atoms in total. The molecule has 1 atom stereocenters. The van der Waals surface area contributed by atoms with Gasteiger partial charge in [-0.05, 0) is 25.2 Å². The predicted molar refractivity (Wildman–Crippen MR) is 61.4 cm³/mol. The van der Waals surface area contributed by atoms with Crippen molar-refractivity contribution < 1.29 is 19.4 Å². The minimum absolute atomic E-state index is 0.343. The summed E-state index contributed by atoms with van der Waals surface area (Å²) >= 11 is 0. The SMILES string of the molecule is NC(CC(=O)O)C(=O)NCCCOCC1CC1. The summed E-state index contributed by atoms with van der Waals surface area (Å²) in [5, 5.41) is 11.0. The molecule has 1 aliphatic carbocycles. The topological polar surface area (TPSA) is 102 Å². The molecule has 0 aromatic rings. The first kappa shape index (κ1) is 13.9. The number of amides is 1. The van der Waals surface area contributed by atoms with Crippen LogP contribution in [-0.4, -0.2) is 42.8 Å². The van der Waals surface area contributed by atoms with Gasteiger partial charge in [0.25, 0.3) is 0 Å². The zero-order chi connectivity index (χ0) is 12.7. The number of carbonyl (C=O) groups excluding carboxylic acids is 1. The van der Waals surface area contributed by atoms with Gasteiger partial charge in [-0.1, -0.05) is 0 Å². The molecule has 0 aliphatic heterocycles. The van der Waals surface area contributed by atoms with E-state index in [1.807, 2.05) is 0 Å². The third-order valence-corrected chi connectivity index (χ3v) is 2.55. The molecule has 17 heavy (non-hydrogen) atoms. The van der Waals surface area contributed by atoms with Crippen molar-refractivity contribution >= 4 is 11.9 Å². The van der Waals surface area contributed by atoms with E-state index in [4.69, 9.17) is 15.6 Å². The maximum atomic E-state index is 11.3. The largest absolute Gasteiger partial charge is 0.481 e. The first-order valence-corrected chi connectivity index (χ1v) is 5.92. The van der Waals surface area contributed by atoms with E-state index in [2.05, 4.69) is 5.32 Å². The first-order valence-electron chi connectivity index (χ1n) is 5.92. The quantitative estimate of drug-likeness (QED) is 0.484. The fraction of sp³-hybridized carbons (Fsp3) is 0.818. The Balaban J connectivity index is 1.93. The maximum Gasteiger partial charge on any atom is 0.305 e. The molecule has 98 valence electrons. The molecule has 1 unspecified atom stereocenters. The summed E-state index contributed by atoms with van der Waals surface area (Å²) in [6.07, 6.45) is 2.91. The minimum Gasteiger partial charge on any atom is -0.481 e. The summed E-state index contributed by atoms with van der Waals surface area (Å²) in [6.45, 7) is 1.90. The van der Waals surface area contributed by atoms with Crippen LogP contribution in [0.25, 0.3) is 0 Å². The molecule has 1 rings (SSSR count). The van der Waals surface area contributed by atoms with Crippen LogP contribution in [0.3, 0.4) is 0 Å². The average Bonchev–Trinajstić information content (AvgIpc) is 3.05. The minimum atomic E-state index is -1.07. The van der Waals surface area contributed by atoms with Crippen molar-refractivity contribution in [3.05, 3.63) is 0 Å². The van der Waals surface area contributed by atoms with E-state index in [0.717, 1.165) is 18.9 Å². The van der Waals surface area contributed by atoms with Crippen molar-refractivity contribution in [3.8, 4) is 0 Å². The Bertz CT molecular complexity index is 266. The molecule has 1 aliphatic rings. The average molecular weight is 244 g/mol. The number of nitrogens with one attached hydrogen (secondary N) is 1. The van der Waals surface area contributed by atoms with Gasteiger partial charge in [-0.25, -0.2) is 0 Å². The van der Waals surface area contributed by atoms with Gasteiger partial charge >= 0.3 is 5.97 Å². The lowest BCUT2D eigenvalue weighted by molar-refractivity contribution is -0.139. The summed E-state index contributed by atoms with van der Waals surface area (Å²) in [4.78, 5) is 21.6. The molecular weight excluding hydrogens is 224 g/mol. The number of carbonyl (C=O) groups is 2. The van der Waals surface area contributed by atoms with Crippen LogP contribution in [0.5, 0.6) is 0 Å². The van der Waals surface area contributed by atoms with Gasteiger partial charge in [0, 0.05) is 19.8 Å². The van der Waals surface area contributed by atoms with Gasteiger partial charge in [-0.15, -0.1) is 0 Å². The van der Waals surface area contributed by atoms with Crippen molar-refractivity contribution in [3.63, 3.8) is 0 Å². The number of nitrogens with two attached hydrogens (primary N) is 1. The number of carboxylic acid groups (broad SMARTS) is 1. The van der Waals surface area contributed by atoms with E-state index in [1.54, 1.807) is 0 Å². The van der Waals surface area contributed by atoms with E-state index in [0.29, 0.717) is 13.2 Å². The fourth-order valence-electron chi connectivity index (χ4n) is 1.33. The molecule has 0 aromatic carbocycles. The van der Waals surface area contributed by atoms with Crippen molar-refractivity contribution in [2.24, 2.45) is 11.7 Å². The van der Waals surface area contributed by atoms with Gasteiger partial charge in [0.2, 0.25) is 5.91 Å². The molecule has 0 saturated heterocycles. The lowest BCUT2D eigenvalue weighted by Gasteiger charge is -2.10. The van der Waals surface area contributed by atoms with Crippen LogP contribution >= 0.6 is 0 Å². The maximum absolute atomic E-state index is 11.3. The van der Waals surface area contributed by atoms with Crippen LogP contribution in [0, 0.1) is 5.92 Å². The van der Waals surface area contributed by atoms with Gasteiger partial charge in [0.15, 0.2) is 0 Å². The second-order valence-corrected chi connectivity index (χ2v) is 4.37. The van der Waals surface area contributed by atoms with Crippen LogP contribution in [0.15, 0.2) is 0 Å². The molecule has 0 aromatic heterocycles. The van der Waals surface area contributed by atoms with Crippen LogP contribution in [0.4, 0.5) is 0 Å². The van der Waals surface area contributed by atoms with Gasteiger partial charge in [-0.3, -0.25) is 9.59 Å². The molecule has 0 spiro atoms. The van der Waals surface area contributed by atoms with E-state index >= 15 is 0 Å². The Morgan fingerprint density at radius 2 is 2.18 bits per heavy atom. The van der Waals surface area contributed by atoms with Crippen LogP contribution in [0.2, 0.25) is 0 Å². The third kappa shape index (κ3) is 6.91. The number of hydrogen-bond acceptors (Lipinski definition) is 4. The second kappa shape index (κ2) is 7.24. The lowest BCUT2D eigenvalue weighted by atomic mass is 10.2. The summed E-state index contributed by atoms with van der Waals surface area (Å²) < 4.78 is 5.39. The number of hydrogen-bond donors (Lipinski definition) is 3. The van der Waals surface area contributed by atoms with Crippen LogP contribution < -0.4 is 11.1 Å². The highest BCUT2D eigenvalue weighted by Crippen LogP contribution is 2.28. The van der Waals surface area contributed by atoms with Gasteiger partial charge in [0.05, 0.1) is 12.5 Å². The van der Waals surface area contributed by atoms with Crippen molar-refractivity contribution in [2.45, 2.75) is 31.7 Å². The highest BCUT2D eigenvalue weighted by atomic mass is 16.5. The molecule has 0 bridgehead atoms. The van der Waals surface area contributed by atoms with E-state index in [-0.39, 0.29) is 6.42 Å². The molecule has 6 heteroatoms. The van der Waals surface area contributed by atoms with Crippen molar-refractivity contribution in [1.29, 1.82) is 0 Å². The summed E-state index contributed by atoms with van der Waals surface area (Å²) in [5.74, 6) is -0.747. The first-order chi connectivity index (χ1) is 8.09. The van der Waals surface area contributed by atoms with E-state index < -0.39 is 17.9 Å². The fourth-order valence-corrected chi connectivity index (χ4v) is 1.33. The standard InChI is InChI=1S/C11H20N2O4/c12-9(6-10(14)15)11(16)13-4-1-5-17-7-8-2-3-8/h8-9H,1-7,12H2,(H,13,16)(H,14,15). The summed E-state index contributed by atoms with van der Waals surface area (Å²) in [5.41, 5.74) is 5.38. The van der Waals surface area contributed by atoms with Gasteiger partial charge in [-0.2, -0.15) is 0 Å². The lowest BCUT2D eigenvalue weighted by Crippen LogP contribution is -2.42. The Morgan fingerprint density at radius 1 is 1.47 bits per heavy atom. The Hall–Kier alpha value is -1.14. The number of aliphatic carboxylic acids is 1. The number of carboxylic acids is 1. The van der Waals surface area contributed by atoms with Crippen molar-refractivity contribution in [2.75, 3.05) is 19.8 Å². The molecule has 4 N–H and O–H groups in total. The summed E-state index contributed by atoms with van der Waals surface area (Å²) in [7, 11) is 0. The van der Waals surface area contributed by atoms with Gasteiger partial charge < -0.3 is 20.9 Å². The summed E-state index contributed by atoms with van der Waals surface area (Å²) in [6, 6.07) is -0.972.